The maximum absolute atomic E-state index is 13.4. The van der Waals surface area contributed by atoms with Crippen LogP contribution in [0.3, 0.4) is 0 Å². The van der Waals surface area contributed by atoms with Gasteiger partial charge in [-0.3, -0.25) is 5.32 Å². The lowest BCUT2D eigenvalue weighted by atomic mass is 9.75. The first-order valence-electron chi connectivity index (χ1n) is 11.7. The van der Waals surface area contributed by atoms with Crippen LogP contribution >= 0.6 is 0 Å². The third kappa shape index (κ3) is 5.28. The van der Waals surface area contributed by atoms with Gasteiger partial charge in [-0.2, -0.15) is 26.3 Å². The quantitative estimate of drug-likeness (QED) is 0.303. The van der Waals surface area contributed by atoms with Crippen LogP contribution in [0.1, 0.15) is 48.1 Å². The summed E-state index contributed by atoms with van der Waals surface area (Å²) in [5, 5.41) is 21.2. The molecule has 204 valence electrons. The lowest BCUT2D eigenvalue weighted by Gasteiger charge is -2.48. The molecule has 2 N–H and O–H groups in total. The van der Waals surface area contributed by atoms with E-state index in [1.807, 2.05) is 18.2 Å². The molecule has 0 aliphatic carbocycles. The number of aliphatic hydroxyl groups excluding tert-OH is 1. The van der Waals surface area contributed by atoms with Gasteiger partial charge in [0.2, 0.25) is 0 Å². The van der Waals surface area contributed by atoms with Crippen LogP contribution in [0.2, 0.25) is 0 Å². The van der Waals surface area contributed by atoms with Crippen LogP contribution in [0.4, 0.5) is 26.3 Å². The zero-order chi connectivity index (χ0) is 27.8. The number of alkyl halides is 6. The van der Waals surface area contributed by atoms with E-state index in [9.17, 15) is 31.4 Å². The van der Waals surface area contributed by atoms with Crippen molar-refractivity contribution < 1.29 is 36.2 Å². The average molecular weight is 541 g/mol. The molecule has 1 aromatic heterocycles. The van der Waals surface area contributed by atoms with Crippen molar-refractivity contribution in [3.05, 3.63) is 95.8 Å². The summed E-state index contributed by atoms with van der Waals surface area (Å²) < 4.78 is 88.0. The Morgan fingerprint density at radius 1 is 1.03 bits per heavy atom. The number of benzene rings is 2. The fourth-order valence-corrected chi connectivity index (χ4v) is 4.76. The number of rotatable bonds is 7. The van der Waals surface area contributed by atoms with Crippen LogP contribution in [0.25, 0.3) is 0 Å². The van der Waals surface area contributed by atoms with Gasteiger partial charge in [-0.05, 0) is 49.1 Å². The molecule has 0 saturated carbocycles. The molecule has 1 aliphatic heterocycles. The third-order valence-corrected chi connectivity index (χ3v) is 7.09. The first-order valence-corrected chi connectivity index (χ1v) is 11.7. The molecule has 1 saturated heterocycles. The van der Waals surface area contributed by atoms with Crippen LogP contribution in [0.15, 0.2) is 73.5 Å². The first-order chi connectivity index (χ1) is 17.8. The van der Waals surface area contributed by atoms with E-state index < -0.39 is 40.7 Å². The van der Waals surface area contributed by atoms with E-state index in [-0.39, 0.29) is 30.5 Å². The maximum Gasteiger partial charge on any atom is 0.416 e. The lowest BCUT2D eigenvalue weighted by Crippen LogP contribution is -2.59. The Morgan fingerprint density at radius 3 is 2.08 bits per heavy atom. The largest absolute Gasteiger partial charge is 0.489 e. The molecule has 2 aromatic carbocycles. The number of piperidine rings is 1. The van der Waals surface area contributed by atoms with Crippen LogP contribution in [-0.4, -0.2) is 33.0 Å². The molecule has 3 atom stereocenters. The summed E-state index contributed by atoms with van der Waals surface area (Å²) in [5.74, 6) is 0.123. The molecule has 0 unspecified atom stereocenters. The maximum atomic E-state index is 13.4. The van der Waals surface area contributed by atoms with Crippen molar-refractivity contribution in [1.82, 2.24) is 20.1 Å². The van der Waals surface area contributed by atoms with E-state index in [0.717, 1.165) is 5.56 Å². The van der Waals surface area contributed by atoms with Crippen molar-refractivity contribution in [2.24, 2.45) is 0 Å². The molecule has 1 fully saturated rings. The SMILES string of the molecule is C=C(O[C@@H](C)c1cc(C(F)(F)F)cc(C(F)(F)F)c1)[C@@]1(c2ccccc2)CC[C@@](CO)(n2cnnc2)CN1. The van der Waals surface area contributed by atoms with Crippen molar-refractivity contribution in [3.63, 3.8) is 0 Å². The molecule has 0 radical (unpaired) electrons. The highest BCUT2D eigenvalue weighted by atomic mass is 19.4. The van der Waals surface area contributed by atoms with Crippen LogP contribution in [-0.2, 0) is 28.2 Å². The average Bonchev–Trinajstić information content (AvgIpc) is 3.43. The molecule has 38 heavy (non-hydrogen) atoms. The first kappa shape index (κ1) is 27.6. The number of aliphatic hydroxyl groups is 1. The van der Waals surface area contributed by atoms with Gasteiger partial charge in [0.1, 0.15) is 30.1 Å². The van der Waals surface area contributed by atoms with Gasteiger partial charge >= 0.3 is 12.4 Å². The molecule has 4 rings (SSSR count). The standard InChI is InChI=1S/C26H26F6N4O2/c1-17(19-10-21(25(27,28)29)12-22(11-19)26(30,31)32)38-18(2)24(20-6-4-3-5-7-20)9-8-23(14-37,13-33-24)36-15-34-35-16-36/h3-7,10-12,15-17,33,37H,2,8-9,13-14H2,1H3/t17-,23+,24+/m0/s1. The minimum atomic E-state index is -4.97. The summed E-state index contributed by atoms with van der Waals surface area (Å²) in [7, 11) is 0. The van der Waals surface area contributed by atoms with E-state index in [1.165, 1.54) is 19.6 Å². The predicted molar refractivity (Wildman–Crippen MR) is 126 cm³/mol. The van der Waals surface area contributed by atoms with Gasteiger partial charge in [0.05, 0.1) is 23.3 Å². The second-order valence-electron chi connectivity index (χ2n) is 9.40. The van der Waals surface area contributed by atoms with Crippen molar-refractivity contribution >= 4 is 0 Å². The summed E-state index contributed by atoms with van der Waals surface area (Å²) in [6.07, 6.45) is -7.38. The highest BCUT2D eigenvalue weighted by Gasteiger charge is 2.47. The van der Waals surface area contributed by atoms with Gasteiger partial charge in [-0.15, -0.1) is 10.2 Å². The van der Waals surface area contributed by atoms with Crippen LogP contribution in [0, 0.1) is 0 Å². The second-order valence-corrected chi connectivity index (χ2v) is 9.40. The van der Waals surface area contributed by atoms with E-state index in [2.05, 4.69) is 22.1 Å². The predicted octanol–water partition coefficient (Wildman–Crippen LogP) is 5.57. The van der Waals surface area contributed by atoms with Crippen LogP contribution in [0.5, 0.6) is 0 Å². The smallest absolute Gasteiger partial charge is 0.416 e. The summed E-state index contributed by atoms with van der Waals surface area (Å²) >= 11 is 0. The lowest BCUT2D eigenvalue weighted by molar-refractivity contribution is -0.143. The monoisotopic (exact) mass is 540 g/mol. The highest BCUT2D eigenvalue weighted by molar-refractivity contribution is 5.37. The normalized spacial score (nSPS) is 23.2. The van der Waals surface area contributed by atoms with Crippen molar-refractivity contribution in [2.75, 3.05) is 13.2 Å². The van der Waals surface area contributed by atoms with Crippen LogP contribution < -0.4 is 5.32 Å². The number of nitrogens with one attached hydrogen (secondary N) is 1. The van der Waals surface area contributed by atoms with Gasteiger partial charge in [-0.25, -0.2) is 0 Å². The zero-order valence-electron chi connectivity index (χ0n) is 20.4. The highest BCUT2D eigenvalue weighted by Crippen LogP contribution is 2.44. The Morgan fingerprint density at radius 2 is 1.61 bits per heavy atom. The third-order valence-electron chi connectivity index (χ3n) is 7.09. The Kier molecular flexibility index (Phi) is 7.32. The number of ether oxygens (including phenoxy) is 1. The van der Waals surface area contributed by atoms with Crippen molar-refractivity contribution in [2.45, 2.75) is 49.3 Å². The van der Waals surface area contributed by atoms with Gasteiger partial charge < -0.3 is 14.4 Å². The van der Waals surface area contributed by atoms with Gasteiger partial charge in [0.25, 0.3) is 0 Å². The summed E-state index contributed by atoms with van der Waals surface area (Å²) in [4.78, 5) is 0. The molecule has 2 heterocycles. The number of nitrogens with zero attached hydrogens (tertiary/aromatic N) is 3. The van der Waals surface area contributed by atoms with Gasteiger partial charge in [0, 0.05) is 6.54 Å². The fourth-order valence-electron chi connectivity index (χ4n) is 4.76. The number of hydrogen-bond donors (Lipinski definition) is 2. The fraction of sp³-hybridized carbons (Fsp3) is 0.385. The van der Waals surface area contributed by atoms with E-state index in [0.29, 0.717) is 25.0 Å². The summed E-state index contributed by atoms with van der Waals surface area (Å²) in [6, 6.07) is 10.4. The molecule has 12 heteroatoms. The zero-order valence-corrected chi connectivity index (χ0v) is 20.4. The summed E-state index contributed by atoms with van der Waals surface area (Å²) in [6.45, 7) is 5.43. The molecule has 1 aliphatic rings. The molecular formula is C26H26F6N4O2. The Bertz CT molecular complexity index is 1220. The van der Waals surface area contributed by atoms with E-state index in [1.54, 1.807) is 16.7 Å². The van der Waals surface area contributed by atoms with Gasteiger partial charge in [-0.1, -0.05) is 36.9 Å². The minimum Gasteiger partial charge on any atom is -0.489 e. The van der Waals surface area contributed by atoms with E-state index in [4.69, 9.17) is 4.74 Å². The number of halogens is 6. The summed E-state index contributed by atoms with van der Waals surface area (Å²) in [5.41, 5.74) is -4.18. The molecule has 3 aromatic rings. The number of aromatic nitrogens is 3. The Hall–Kier alpha value is -3.38. The Balaban J connectivity index is 1.66. The topological polar surface area (TPSA) is 72.2 Å². The van der Waals surface area contributed by atoms with Gasteiger partial charge in [0.15, 0.2) is 0 Å². The minimum absolute atomic E-state index is 0.0820. The van der Waals surface area contributed by atoms with E-state index >= 15 is 0 Å². The molecule has 0 bridgehead atoms. The second kappa shape index (κ2) is 10.1. The molecular weight excluding hydrogens is 514 g/mol. The molecule has 0 spiro atoms. The number of hydrogen-bond acceptors (Lipinski definition) is 5. The Labute approximate surface area is 215 Å². The van der Waals surface area contributed by atoms with Crippen molar-refractivity contribution in [3.8, 4) is 0 Å². The molecule has 0 amide bonds. The molecule has 6 nitrogen and oxygen atoms in total. The van der Waals surface area contributed by atoms with Crippen molar-refractivity contribution in [1.29, 1.82) is 0 Å².